The van der Waals surface area contributed by atoms with Crippen LogP contribution in [0.3, 0.4) is 0 Å². The van der Waals surface area contributed by atoms with Crippen LogP contribution < -0.4 is 10.2 Å². The third kappa shape index (κ3) is 3.43. The Morgan fingerprint density at radius 1 is 1.23 bits per heavy atom. The minimum absolute atomic E-state index is 0.104. The molecule has 2 amide bonds. The van der Waals surface area contributed by atoms with Gasteiger partial charge in [0.1, 0.15) is 0 Å². The minimum Gasteiger partial charge on any atom is -0.325 e. The van der Waals surface area contributed by atoms with Gasteiger partial charge in [-0.2, -0.15) is 0 Å². The first-order chi connectivity index (χ1) is 12.7. The number of thioether (sulfide) groups is 1. The van der Waals surface area contributed by atoms with Crippen LogP contribution in [0, 0.1) is 0 Å². The molecule has 7 heteroatoms. The normalized spacial score (nSPS) is 14.2. The minimum atomic E-state index is -0.104. The number of carbonyl (C=O) groups excluding carboxylic acids is 2. The van der Waals surface area contributed by atoms with E-state index in [4.69, 9.17) is 0 Å². The summed E-state index contributed by atoms with van der Waals surface area (Å²) in [6, 6.07) is 13.3. The molecule has 0 bridgehead atoms. The molecule has 1 aliphatic heterocycles. The summed E-state index contributed by atoms with van der Waals surface area (Å²) in [6.45, 7) is 0.735. The molecule has 2 aromatic heterocycles. The van der Waals surface area contributed by atoms with Crippen LogP contribution in [0.5, 0.6) is 0 Å². The van der Waals surface area contributed by atoms with E-state index in [0.717, 1.165) is 29.3 Å². The highest BCUT2D eigenvalue weighted by atomic mass is 32.2. The standard InChI is InChI=1S/C19H18N4O2S/c24-17(13-26-19-20-12-16-6-1-2-9-23(16)19)21-14-5-3-7-15(11-14)22-10-4-8-18(22)25/h1-3,5-7,9,11-12H,4,8,10,13H2,(H,21,24). The van der Waals surface area contributed by atoms with Gasteiger partial charge in [-0.1, -0.05) is 23.9 Å². The third-order valence-corrected chi connectivity index (χ3v) is 5.22. The van der Waals surface area contributed by atoms with E-state index < -0.39 is 0 Å². The second kappa shape index (κ2) is 7.21. The molecule has 0 unspecified atom stereocenters. The van der Waals surface area contributed by atoms with Crippen molar-refractivity contribution in [1.29, 1.82) is 0 Å². The molecule has 0 saturated carbocycles. The zero-order valence-electron chi connectivity index (χ0n) is 14.1. The van der Waals surface area contributed by atoms with Crippen LogP contribution in [0.25, 0.3) is 5.52 Å². The number of fused-ring (bicyclic) bond motifs is 1. The van der Waals surface area contributed by atoms with Crippen LogP contribution in [-0.2, 0) is 9.59 Å². The fourth-order valence-electron chi connectivity index (χ4n) is 3.03. The maximum atomic E-state index is 12.3. The number of hydrogen-bond acceptors (Lipinski definition) is 4. The summed E-state index contributed by atoms with van der Waals surface area (Å²) in [5.41, 5.74) is 2.52. The zero-order valence-corrected chi connectivity index (χ0v) is 14.9. The van der Waals surface area contributed by atoms with Crippen molar-refractivity contribution in [2.45, 2.75) is 18.0 Å². The number of rotatable bonds is 5. The van der Waals surface area contributed by atoms with E-state index in [9.17, 15) is 9.59 Å². The Bertz CT molecular complexity index is 969. The Morgan fingerprint density at radius 3 is 3.00 bits per heavy atom. The van der Waals surface area contributed by atoms with E-state index >= 15 is 0 Å². The van der Waals surface area contributed by atoms with Gasteiger partial charge in [0.05, 0.1) is 17.5 Å². The molecule has 26 heavy (non-hydrogen) atoms. The lowest BCUT2D eigenvalue weighted by Gasteiger charge is -2.16. The molecule has 1 aliphatic rings. The molecule has 0 radical (unpaired) electrons. The number of pyridine rings is 1. The first-order valence-corrected chi connectivity index (χ1v) is 9.44. The smallest absolute Gasteiger partial charge is 0.234 e. The summed E-state index contributed by atoms with van der Waals surface area (Å²) in [5, 5.41) is 3.68. The number of nitrogens with one attached hydrogen (secondary N) is 1. The summed E-state index contributed by atoms with van der Waals surface area (Å²) < 4.78 is 1.96. The Morgan fingerprint density at radius 2 is 2.15 bits per heavy atom. The van der Waals surface area contributed by atoms with Gasteiger partial charge in [0, 0.05) is 30.5 Å². The topological polar surface area (TPSA) is 66.7 Å². The van der Waals surface area contributed by atoms with Crippen molar-refractivity contribution in [1.82, 2.24) is 9.38 Å². The summed E-state index contributed by atoms with van der Waals surface area (Å²) in [7, 11) is 0. The molecule has 1 saturated heterocycles. The molecule has 4 rings (SSSR count). The Kier molecular flexibility index (Phi) is 4.62. The van der Waals surface area contributed by atoms with Gasteiger partial charge in [-0.3, -0.25) is 14.0 Å². The molecular formula is C19H18N4O2S. The van der Waals surface area contributed by atoms with Gasteiger partial charge in [-0.15, -0.1) is 0 Å². The second-order valence-corrected chi connectivity index (χ2v) is 7.01. The third-order valence-electron chi connectivity index (χ3n) is 4.25. The van der Waals surface area contributed by atoms with E-state index in [1.165, 1.54) is 11.8 Å². The van der Waals surface area contributed by atoms with Gasteiger partial charge in [0.15, 0.2) is 5.16 Å². The van der Waals surface area contributed by atoms with Crippen LogP contribution in [0.15, 0.2) is 60.0 Å². The monoisotopic (exact) mass is 366 g/mol. The molecule has 6 nitrogen and oxygen atoms in total. The SMILES string of the molecule is O=C(CSc1ncc2ccccn12)Nc1cccc(N2CCCC2=O)c1. The van der Waals surface area contributed by atoms with E-state index in [1.54, 1.807) is 11.1 Å². The van der Waals surface area contributed by atoms with Crippen molar-refractivity contribution in [3.63, 3.8) is 0 Å². The number of hydrogen-bond donors (Lipinski definition) is 1. The van der Waals surface area contributed by atoms with Gasteiger partial charge >= 0.3 is 0 Å². The lowest BCUT2D eigenvalue weighted by Crippen LogP contribution is -2.23. The summed E-state index contributed by atoms with van der Waals surface area (Å²) >= 11 is 1.39. The second-order valence-electron chi connectivity index (χ2n) is 6.07. The molecule has 1 fully saturated rings. The van der Waals surface area contributed by atoms with Crippen molar-refractivity contribution in [2.75, 3.05) is 22.5 Å². The summed E-state index contributed by atoms with van der Waals surface area (Å²) in [4.78, 5) is 30.3. The number of anilines is 2. The Balaban J connectivity index is 1.40. The van der Waals surface area contributed by atoms with E-state index in [0.29, 0.717) is 12.1 Å². The van der Waals surface area contributed by atoms with Crippen LogP contribution in [0.4, 0.5) is 11.4 Å². The average Bonchev–Trinajstić information content (AvgIpc) is 3.26. The maximum absolute atomic E-state index is 12.3. The zero-order chi connectivity index (χ0) is 17.9. The van der Waals surface area contributed by atoms with Crippen LogP contribution in [0.1, 0.15) is 12.8 Å². The van der Waals surface area contributed by atoms with Crippen LogP contribution in [0.2, 0.25) is 0 Å². The highest BCUT2D eigenvalue weighted by Gasteiger charge is 2.21. The van der Waals surface area contributed by atoms with Gasteiger partial charge in [-0.05, 0) is 36.8 Å². The van der Waals surface area contributed by atoms with Crippen molar-refractivity contribution in [2.24, 2.45) is 0 Å². The molecule has 1 N–H and O–H groups in total. The predicted molar refractivity (Wildman–Crippen MR) is 103 cm³/mol. The van der Waals surface area contributed by atoms with Gasteiger partial charge < -0.3 is 10.2 Å². The largest absolute Gasteiger partial charge is 0.325 e. The fourth-order valence-corrected chi connectivity index (χ4v) is 3.79. The maximum Gasteiger partial charge on any atom is 0.234 e. The van der Waals surface area contributed by atoms with Gasteiger partial charge in [0.2, 0.25) is 11.8 Å². The Hall–Kier alpha value is -2.80. The van der Waals surface area contributed by atoms with Crippen molar-refractivity contribution in [3.05, 3.63) is 54.9 Å². The highest BCUT2D eigenvalue weighted by Crippen LogP contribution is 2.24. The summed E-state index contributed by atoms with van der Waals surface area (Å²) in [5.74, 6) is 0.295. The lowest BCUT2D eigenvalue weighted by molar-refractivity contribution is -0.117. The Labute approximate surface area is 155 Å². The van der Waals surface area contributed by atoms with Gasteiger partial charge in [0.25, 0.3) is 0 Å². The lowest BCUT2D eigenvalue weighted by atomic mass is 10.2. The van der Waals surface area contributed by atoms with Crippen molar-refractivity contribution >= 4 is 40.5 Å². The number of benzene rings is 1. The van der Waals surface area contributed by atoms with Crippen molar-refractivity contribution < 1.29 is 9.59 Å². The van der Waals surface area contributed by atoms with Crippen molar-refractivity contribution in [3.8, 4) is 0 Å². The highest BCUT2D eigenvalue weighted by molar-refractivity contribution is 7.99. The molecule has 3 heterocycles. The van der Waals surface area contributed by atoms with Crippen LogP contribution >= 0.6 is 11.8 Å². The molecule has 0 spiro atoms. The fraction of sp³-hybridized carbons (Fsp3) is 0.211. The molecule has 132 valence electrons. The molecule has 0 aliphatic carbocycles. The van der Waals surface area contributed by atoms with Gasteiger partial charge in [-0.25, -0.2) is 4.98 Å². The quantitative estimate of drug-likeness (QED) is 0.704. The van der Waals surface area contributed by atoms with Crippen LogP contribution in [-0.4, -0.2) is 33.5 Å². The number of nitrogens with zero attached hydrogens (tertiary/aromatic N) is 3. The molecule has 1 aromatic carbocycles. The number of carbonyl (C=O) groups is 2. The number of imidazole rings is 1. The first-order valence-electron chi connectivity index (χ1n) is 8.46. The van der Waals surface area contributed by atoms with E-state index in [1.807, 2.05) is 53.1 Å². The average molecular weight is 366 g/mol. The summed E-state index contributed by atoms with van der Waals surface area (Å²) in [6.07, 6.45) is 5.19. The molecule has 0 atom stereocenters. The molecule has 3 aromatic rings. The number of amides is 2. The number of aromatic nitrogens is 2. The van der Waals surface area contributed by atoms with E-state index in [2.05, 4.69) is 10.3 Å². The van der Waals surface area contributed by atoms with E-state index in [-0.39, 0.29) is 17.6 Å². The first kappa shape index (κ1) is 16.7. The molecular weight excluding hydrogens is 348 g/mol. The predicted octanol–water partition coefficient (Wildman–Crippen LogP) is 3.19.